The van der Waals surface area contributed by atoms with Crippen molar-refractivity contribution in [2.24, 2.45) is 5.73 Å². The number of benzene rings is 1. The lowest BCUT2D eigenvalue weighted by molar-refractivity contribution is -0.385. The van der Waals surface area contributed by atoms with Crippen LogP contribution in [0.2, 0.25) is 0 Å². The molecule has 14 heavy (non-hydrogen) atoms. The van der Waals surface area contributed by atoms with Crippen LogP contribution < -0.4 is 5.73 Å². The molecule has 5 heteroatoms. The highest BCUT2D eigenvalue weighted by Crippen LogP contribution is 2.25. The molecule has 0 saturated heterocycles. The summed E-state index contributed by atoms with van der Waals surface area (Å²) in [6, 6.07) is 2.82. The van der Waals surface area contributed by atoms with Crippen molar-refractivity contribution in [1.82, 2.24) is 0 Å². The molecule has 1 aromatic carbocycles. The highest BCUT2D eigenvalue weighted by Gasteiger charge is 2.18. The summed E-state index contributed by atoms with van der Waals surface area (Å²) in [5.74, 6) is -0.505. The van der Waals surface area contributed by atoms with Gasteiger partial charge in [0, 0.05) is 17.7 Å². The zero-order valence-corrected chi connectivity index (χ0v) is 7.74. The number of halogens is 1. The first-order valence-electron chi connectivity index (χ1n) is 4.25. The van der Waals surface area contributed by atoms with Crippen molar-refractivity contribution >= 4 is 5.69 Å². The highest BCUT2D eigenvalue weighted by molar-refractivity contribution is 5.42. The monoisotopic (exact) mass is 198 g/mol. The molecule has 1 rings (SSSR count). The van der Waals surface area contributed by atoms with Gasteiger partial charge in [0.25, 0.3) is 5.69 Å². The minimum atomic E-state index is -0.551. The fourth-order valence-corrected chi connectivity index (χ4v) is 1.21. The Morgan fingerprint density at radius 1 is 1.64 bits per heavy atom. The Labute approximate surface area is 80.7 Å². The summed E-state index contributed by atoms with van der Waals surface area (Å²) < 4.78 is 12.8. The molecule has 1 aromatic rings. The largest absolute Gasteiger partial charge is 0.324 e. The summed E-state index contributed by atoms with van der Waals surface area (Å²) in [6.45, 7) is 1.79. The minimum Gasteiger partial charge on any atom is -0.324 e. The summed E-state index contributed by atoms with van der Waals surface area (Å²) >= 11 is 0. The van der Waals surface area contributed by atoms with Crippen molar-refractivity contribution in [3.05, 3.63) is 39.7 Å². The average molecular weight is 198 g/mol. The quantitative estimate of drug-likeness (QED) is 0.597. The number of nitrogens with two attached hydrogens (primary N) is 1. The second-order valence-electron chi connectivity index (χ2n) is 2.97. The van der Waals surface area contributed by atoms with Crippen LogP contribution in [0.25, 0.3) is 0 Å². The zero-order chi connectivity index (χ0) is 10.7. The average Bonchev–Trinajstić information content (AvgIpc) is 2.16. The van der Waals surface area contributed by atoms with Gasteiger partial charge < -0.3 is 5.73 Å². The van der Waals surface area contributed by atoms with E-state index in [0.717, 1.165) is 18.2 Å². The van der Waals surface area contributed by atoms with Crippen molar-refractivity contribution in [1.29, 1.82) is 0 Å². The smallest absolute Gasteiger partial charge is 0.274 e. The van der Waals surface area contributed by atoms with Crippen LogP contribution >= 0.6 is 0 Å². The first-order valence-corrected chi connectivity index (χ1v) is 4.25. The molecule has 4 nitrogen and oxygen atoms in total. The third-order valence-electron chi connectivity index (χ3n) is 2.03. The van der Waals surface area contributed by atoms with Crippen LogP contribution in [-0.4, -0.2) is 4.92 Å². The zero-order valence-electron chi connectivity index (χ0n) is 7.74. The lowest BCUT2D eigenvalue weighted by atomic mass is 10.0. The maximum absolute atomic E-state index is 12.8. The third-order valence-corrected chi connectivity index (χ3v) is 2.03. The van der Waals surface area contributed by atoms with Gasteiger partial charge in [-0.2, -0.15) is 0 Å². The van der Waals surface area contributed by atoms with Crippen LogP contribution in [0.4, 0.5) is 10.1 Å². The number of rotatable bonds is 3. The molecule has 2 N–H and O–H groups in total. The Balaban J connectivity index is 3.22. The van der Waals surface area contributed by atoms with E-state index in [2.05, 4.69) is 0 Å². The van der Waals surface area contributed by atoms with Crippen LogP contribution in [-0.2, 0) is 0 Å². The van der Waals surface area contributed by atoms with E-state index in [-0.39, 0.29) is 11.3 Å². The fourth-order valence-electron chi connectivity index (χ4n) is 1.21. The summed E-state index contributed by atoms with van der Waals surface area (Å²) in [5, 5.41) is 10.6. The normalized spacial score (nSPS) is 12.5. The van der Waals surface area contributed by atoms with E-state index in [4.69, 9.17) is 5.73 Å². The van der Waals surface area contributed by atoms with Gasteiger partial charge in [0.2, 0.25) is 0 Å². The molecular formula is C9H11FN2O2. The molecular weight excluding hydrogens is 187 g/mol. The Hall–Kier alpha value is -1.49. The molecule has 0 aliphatic carbocycles. The molecule has 0 spiro atoms. The highest BCUT2D eigenvalue weighted by atomic mass is 19.1. The maximum Gasteiger partial charge on any atom is 0.274 e. The number of nitro groups is 1. The van der Waals surface area contributed by atoms with E-state index in [9.17, 15) is 14.5 Å². The van der Waals surface area contributed by atoms with Crippen molar-refractivity contribution < 1.29 is 9.31 Å². The van der Waals surface area contributed by atoms with E-state index in [1.165, 1.54) is 0 Å². The fraction of sp³-hybridized carbons (Fsp3) is 0.333. The Kier molecular flexibility index (Phi) is 3.14. The molecule has 0 aliphatic rings. The van der Waals surface area contributed by atoms with Crippen LogP contribution in [0, 0.1) is 15.9 Å². The first kappa shape index (κ1) is 10.6. The number of nitrogens with zero attached hydrogens (tertiary/aromatic N) is 1. The number of hydrogen-bond acceptors (Lipinski definition) is 3. The van der Waals surface area contributed by atoms with Crippen molar-refractivity contribution in [2.45, 2.75) is 19.4 Å². The van der Waals surface area contributed by atoms with Crippen molar-refractivity contribution in [2.75, 3.05) is 0 Å². The predicted octanol–water partition coefficient (Wildman–Crippen LogP) is 2.14. The molecule has 0 amide bonds. The first-order chi connectivity index (χ1) is 6.56. The summed E-state index contributed by atoms with van der Waals surface area (Å²) in [7, 11) is 0. The topological polar surface area (TPSA) is 69.2 Å². The Morgan fingerprint density at radius 2 is 2.29 bits per heavy atom. The molecule has 0 radical (unpaired) electrons. The van der Waals surface area contributed by atoms with Crippen LogP contribution in [0.15, 0.2) is 18.2 Å². The van der Waals surface area contributed by atoms with Crippen LogP contribution in [0.3, 0.4) is 0 Å². The molecule has 76 valence electrons. The van der Waals surface area contributed by atoms with E-state index < -0.39 is 16.8 Å². The SMILES string of the molecule is CC[C@H](N)c1cc(F)ccc1[N+](=O)[O-]. The van der Waals surface area contributed by atoms with Gasteiger partial charge in [-0.15, -0.1) is 0 Å². The number of nitro benzene ring substituents is 1. The molecule has 0 saturated carbocycles. The van der Waals surface area contributed by atoms with Gasteiger partial charge in [0.15, 0.2) is 0 Å². The van der Waals surface area contributed by atoms with E-state index in [1.807, 2.05) is 0 Å². The van der Waals surface area contributed by atoms with Crippen LogP contribution in [0.5, 0.6) is 0 Å². The van der Waals surface area contributed by atoms with Crippen LogP contribution in [0.1, 0.15) is 24.9 Å². The molecule has 0 bridgehead atoms. The summed E-state index contributed by atoms with van der Waals surface area (Å²) in [6.07, 6.45) is 0.532. The summed E-state index contributed by atoms with van der Waals surface area (Å²) in [4.78, 5) is 10.0. The maximum atomic E-state index is 12.8. The minimum absolute atomic E-state index is 0.124. The second-order valence-corrected chi connectivity index (χ2v) is 2.97. The van der Waals surface area contributed by atoms with Gasteiger partial charge in [0.05, 0.1) is 4.92 Å². The summed E-state index contributed by atoms with van der Waals surface area (Å²) in [5.41, 5.74) is 5.75. The van der Waals surface area contributed by atoms with E-state index in [0.29, 0.717) is 6.42 Å². The molecule has 0 aliphatic heterocycles. The van der Waals surface area contributed by atoms with E-state index >= 15 is 0 Å². The predicted molar refractivity (Wildman–Crippen MR) is 50.3 cm³/mol. The molecule has 1 atom stereocenters. The Morgan fingerprint density at radius 3 is 2.79 bits per heavy atom. The van der Waals surface area contributed by atoms with Gasteiger partial charge in [-0.25, -0.2) is 4.39 Å². The standard InChI is InChI=1S/C9H11FN2O2/c1-2-8(11)7-5-6(10)3-4-9(7)12(13)14/h3-5,8H,2,11H2,1H3/t8-/m0/s1. The molecule has 0 unspecified atom stereocenters. The van der Waals surface area contributed by atoms with Gasteiger partial charge in [-0.3, -0.25) is 10.1 Å². The Bertz CT molecular complexity index is 355. The van der Waals surface area contributed by atoms with Gasteiger partial charge >= 0.3 is 0 Å². The van der Waals surface area contributed by atoms with Crippen molar-refractivity contribution in [3.63, 3.8) is 0 Å². The van der Waals surface area contributed by atoms with Crippen molar-refractivity contribution in [3.8, 4) is 0 Å². The van der Waals surface area contributed by atoms with Gasteiger partial charge in [-0.05, 0) is 18.6 Å². The third kappa shape index (κ3) is 2.05. The van der Waals surface area contributed by atoms with Gasteiger partial charge in [-0.1, -0.05) is 6.92 Å². The molecule has 0 aromatic heterocycles. The molecule has 0 fully saturated rings. The second kappa shape index (κ2) is 4.15. The van der Waals surface area contributed by atoms with E-state index in [1.54, 1.807) is 6.92 Å². The lowest BCUT2D eigenvalue weighted by Crippen LogP contribution is -2.11. The molecule has 0 heterocycles. The van der Waals surface area contributed by atoms with Gasteiger partial charge in [0.1, 0.15) is 5.82 Å². The number of hydrogen-bond donors (Lipinski definition) is 1. The lowest BCUT2D eigenvalue weighted by Gasteiger charge is -2.09.